The number of aliphatic imine (C=N–C) groups is 1. The highest BCUT2D eigenvalue weighted by Gasteiger charge is 2.11. The lowest BCUT2D eigenvalue weighted by atomic mass is 10.2. The fourth-order valence-electron chi connectivity index (χ4n) is 1.60. The summed E-state index contributed by atoms with van der Waals surface area (Å²) < 4.78 is 18.2. The summed E-state index contributed by atoms with van der Waals surface area (Å²) >= 11 is 5.68. The van der Waals surface area contributed by atoms with Gasteiger partial charge in [0.05, 0.1) is 10.7 Å². The summed E-state index contributed by atoms with van der Waals surface area (Å²) in [4.78, 5) is 14.9. The Labute approximate surface area is 131 Å². The number of carbonyl (C=O) groups is 1. The quantitative estimate of drug-likeness (QED) is 0.844. The summed E-state index contributed by atoms with van der Waals surface area (Å²) in [6.45, 7) is 1.45. The van der Waals surface area contributed by atoms with Gasteiger partial charge < -0.3 is 9.84 Å². The molecule has 0 aromatic heterocycles. The number of rotatable bonds is 5. The first-order valence-electron chi connectivity index (χ1n) is 6.44. The molecule has 0 amide bonds. The largest absolute Gasteiger partial charge is 0.479 e. The second kappa shape index (κ2) is 7.04. The van der Waals surface area contributed by atoms with Crippen LogP contribution in [0.4, 0.5) is 10.1 Å². The van der Waals surface area contributed by atoms with E-state index in [0.29, 0.717) is 11.4 Å². The van der Waals surface area contributed by atoms with Crippen LogP contribution < -0.4 is 4.74 Å². The van der Waals surface area contributed by atoms with Gasteiger partial charge in [-0.3, -0.25) is 4.99 Å². The molecule has 0 heterocycles. The standard InChI is InChI=1S/C16H13ClFNO3/c1-10(16(20)21)22-13-5-2-11(3-6-13)9-19-12-4-7-15(18)14(17)8-12/h2-10H,1H3,(H,20,21)/t10-/m1/s1. The molecule has 114 valence electrons. The first kappa shape index (κ1) is 16.0. The van der Waals surface area contributed by atoms with E-state index in [2.05, 4.69) is 4.99 Å². The SMILES string of the molecule is C[C@@H](Oc1ccc(C=Nc2ccc(F)c(Cl)c2)cc1)C(=O)O. The van der Waals surface area contributed by atoms with Gasteiger partial charge in [-0.2, -0.15) is 0 Å². The third-order valence-corrected chi connectivity index (χ3v) is 3.10. The van der Waals surface area contributed by atoms with Crippen molar-refractivity contribution in [3.05, 3.63) is 58.9 Å². The first-order valence-corrected chi connectivity index (χ1v) is 6.82. The Balaban J connectivity index is 2.05. The minimum Gasteiger partial charge on any atom is -0.479 e. The van der Waals surface area contributed by atoms with E-state index in [-0.39, 0.29) is 5.02 Å². The van der Waals surface area contributed by atoms with E-state index in [0.717, 1.165) is 5.56 Å². The molecule has 0 aliphatic heterocycles. The first-order chi connectivity index (χ1) is 10.5. The van der Waals surface area contributed by atoms with E-state index in [9.17, 15) is 9.18 Å². The number of halogens is 2. The van der Waals surface area contributed by atoms with Crippen LogP contribution in [-0.2, 0) is 4.79 Å². The maximum absolute atomic E-state index is 13.0. The Hall–Kier alpha value is -2.40. The predicted molar refractivity (Wildman–Crippen MR) is 82.8 cm³/mol. The van der Waals surface area contributed by atoms with Gasteiger partial charge in [-0.15, -0.1) is 0 Å². The molecule has 4 nitrogen and oxygen atoms in total. The number of benzene rings is 2. The van der Waals surface area contributed by atoms with Crippen LogP contribution in [0, 0.1) is 5.82 Å². The van der Waals surface area contributed by atoms with Crippen molar-refractivity contribution in [2.45, 2.75) is 13.0 Å². The van der Waals surface area contributed by atoms with Crippen LogP contribution in [0.3, 0.4) is 0 Å². The zero-order valence-corrected chi connectivity index (χ0v) is 12.4. The maximum Gasteiger partial charge on any atom is 0.344 e. The van der Waals surface area contributed by atoms with Gasteiger partial charge in [-0.05, 0) is 55.0 Å². The van der Waals surface area contributed by atoms with Crippen LogP contribution in [0.2, 0.25) is 5.02 Å². The van der Waals surface area contributed by atoms with E-state index in [4.69, 9.17) is 21.4 Å². The molecular weight excluding hydrogens is 309 g/mol. The Morgan fingerprint density at radius 3 is 2.59 bits per heavy atom. The Morgan fingerprint density at radius 1 is 1.32 bits per heavy atom. The number of carboxylic acids is 1. The van der Waals surface area contributed by atoms with Crippen molar-refractivity contribution < 1.29 is 19.0 Å². The average Bonchev–Trinajstić information content (AvgIpc) is 2.49. The molecule has 0 fully saturated rings. The minimum atomic E-state index is -1.03. The summed E-state index contributed by atoms with van der Waals surface area (Å²) in [6, 6.07) is 11.0. The zero-order chi connectivity index (χ0) is 16.1. The average molecular weight is 322 g/mol. The van der Waals surface area contributed by atoms with Crippen LogP contribution in [-0.4, -0.2) is 23.4 Å². The second-order valence-electron chi connectivity index (χ2n) is 4.52. The van der Waals surface area contributed by atoms with Crippen molar-refractivity contribution >= 4 is 29.5 Å². The van der Waals surface area contributed by atoms with Gasteiger partial charge >= 0.3 is 5.97 Å². The van der Waals surface area contributed by atoms with E-state index in [1.165, 1.54) is 25.1 Å². The van der Waals surface area contributed by atoms with Gasteiger partial charge in [0.15, 0.2) is 6.10 Å². The smallest absolute Gasteiger partial charge is 0.344 e. The van der Waals surface area contributed by atoms with E-state index >= 15 is 0 Å². The van der Waals surface area contributed by atoms with Gasteiger partial charge in [0.25, 0.3) is 0 Å². The van der Waals surface area contributed by atoms with Crippen LogP contribution in [0.5, 0.6) is 5.75 Å². The van der Waals surface area contributed by atoms with Gasteiger partial charge in [-0.25, -0.2) is 9.18 Å². The van der Waals surface area contributed by atoms with Gasteiger partial charge in [0.2, 0.25) is 0 Å². The van der Waals surface area contributed by atoms with Crippen molar-refractivity contribution in [1.82, 2.24) is 0 Å². The van der Waals surface area contributed by atoms with Crippen molar-refractivity contribution in [2.24, 2.45) is 4.99 Å². The van der Waals surface area contributed by atoms with Gasteiger partial charge in [0, 0.05) is 6.21 Å². The molecule has 0 aliphatic carbocycles. The summed E-state index contributed by atoms with van der Waals surface area (Å²) in [5, 5.41) is 8.78. The summed E-state index contributed by atoms with van der Waals surface area (Å²) in [6.07, 6.45) is 0.675. The molecule has 1 atom stereocenters. The van der Waals surface area contributed by atoms with Crippen LogP contribution in [0.15, 0.2) is 47.5 Å². The van der Waals surface area contributed by atoms with Crippen LogP contribution >= 0.6 is 11.6 Å². The highest BCUT2D eigenvalue weighted by atomic mass is 35.5. The lowest BCUT2D eigenvalue weighted by Crippen LogP contribution is -2.22. The van der Waals surface area contributed by atoms with Gasteiger partial charge in [0.1, 0.15) is 11.6 Å². The minimum absolute atomic E-state index is 0.0149. The highest BCUT2D eigenvalue weighted by molar-refractivity contribution is 6.31. The highest BCUT2D eigenvalue weighted by Crippen LogP contribution is 2.21. The van der Waals surface area contributed by atoms with E-state index in [1.54, 1.807) is 30.5 Å². The molecule has 6 heteroatoms. The fourth-order valence-corrected chi connectivity index (χ4v) is 1.78. The Morgan fingerprint density at radius 2 is 2.00 bits per heavy atom. The summed E-state index contributed by atoms with van der Waals surface area (Å²) in [5.74, 6) is -1.06. The zero-order valence-electron chi connectivity index (χ0n) is 11.7. The van der Waals surface area contributed by atoms with Crippen LogP contribution in [0.1, 0.15) is 12.5 Å². The van der Waals surface area contributed by atoms with E-state index in [1.807, 2.05) is 0 Å². The number of hydrogen-bond acceptors (Lipinski definition) is 3. The Bertz CT molecular complexity index is 701. The summed E-state index contributed by atoms with van der Waals surface area (Å²) in [5.41, 5.74) is 1.32. The molecule has 1 N–H and O–H groups in total. The van der Waals surface area contributed by atoms with Gasteiger partial charge in [-0.1, -0.05) is 11.6 Å². The van der Waals surface area contributed by atoms with E-state index < -0.39 is 17.9 Å². The number of hydrogen-bond donors (Lipinski definition) is 1. The molecule has 2 aromatic carbocycles. The molecule has 22 heavy (non-hydrogen) atoms. The molecule has 0 unspecified atom stereocenters. The number of aliphatic carboxylic acids is 1. The predicted octanol–water partition coefficient (Wildman–Crippen LogP) is 4.08. The number of carboxylic acid groups (broad SMARTS) is 1. The topological polar surface area (TPSA) is 58.9 Å². The maximum atomic E-state index is 13.0. The van der Waals surface area contributed by atoms with Crippen molar-refractivity contribution in [3.63, 3.8) is 0 Å². The third kappa shape index (κ3) is 4.30. The number of nitrogens with zero attached hydrogens (tertiary/aromatic N) is 1. The third-order valence-electron chi connectivity index (χ3n) is 2.81. The Kier molecular flexibility index (Phi) is 5.12. The van der Waals surface area contributed by atoms with Crippen molar-refractivity contribution in [1.29, 1.82) is 0 Å². The molecule has 0 radical (unpaired) electrons. The lowest BCUT2D eigenvalue weighted by molar-refractivity contribution is -0.144. The molecule has 0 saturated heterocycles. The molecule has 0 spiro atoms. The molecule has 2 aromatic rings. The number of ether oxygens (including phenoxy) is 1. The molecule has 0 bridgehead atoms. The normalized spacial score (nSPS) is 12.3. The summed E-state index contributed by atoms with van der Waals surface area (Å²) in [7, 11) is 0. The lowest BCUT2D eigenvalue weighted by Gasteiger charge is -2.09. The molecular formula is C16H13ClFNO3. The molecule has 0 aliphatic rings. The monoisotopic (exact) mass is 321 g/mol. The molecule has 2 rings (SSSR count). The van der Waals surface area contributed by atoms with Crippen molar-refractivity contribution in [3.8, 4) is 5.75 Å². The second-order valence-corrected chi connectivity index (χ2v) is 4.93. The fraction of sp³-hybridized carbons (Fsp3) is 0.125. The molecule has 0 saturated carbocycles. The van der Waals surface area contributed by atoms with Crippen LogP contribution in [0.25, 0.3) is 0 Å². The van der Waals surface area contributed by atoms with Crippen molar-refractivity contribution in [2.75, 3.05) is 0 Å².